The van der Waals surface area contributed by atoms with Crippen LogP contribution in [0.25, 0.3) is 0 Å². The summed E-state index contributed by atoms with van der Waals surface area (Å²) >= 11 is 0. The van der Waals surface area contributed by atoms with Gasteiger partial charge in [-0.05, 0) is 24.6 Å². The Morgan fingerprint density at radius 2 is 2.10 bits per heavy atom. The van der Waals surface area contributed by atoms with Crippen molar-refractivity contribution in [2.24, 2.45) is 0 Å². The van der Waals surface area contributed by atoms with Crippen LogP contribution in [0.1, 0.15) is 23.2 Å². The summed E-state index contributed by atoms with van der Waals surface area (Å²) in [7, 11) is 0. The topological polar surface area (TPSA) is 40.6 Å². The second-order valence-corrected chi connectivity index (χ2v) is 5.56. The minimum atomic E-state index is -0.698. The number of halogens is 2. The third-order valence-electron chi connectivity index (χ3n) is 4.17. The highest BCUT2D eigenvalue weighted by Crippen LogP contribution is 2.23. The Morgan fingerprint density at radius 3 is 2.90 bits per heavy atom. The van der Waals surface area contributed by atoms with Gasteiger partial charge >= 0.3 is 0 Å². The number of Topliss-reactive ketones (excluding diaryl/α,β-unsaturated/α-hetero) is 1. The van der Waals surface area contributed by atoms with Crippen molar-refractivity contribution in [1.82, 2.24) is 9.80 Å². The summed E-state index contributed by atoms with van der Waals surface area (Å²) in [5.41, 5.74) is -0.208. The SMILES string of the molecule is O=C(CN1CCN2C(=O)CCC2C1)c1cc(F)ccc1F. The molecule has 0 saturated carbocycles. The van der Waals surface area contributed by atoms with Crippen LogP contribution in [-0.2, 0) is 4.79 Å². The highest BCUT2D eigenvalue weighted by atomic mass is 19.1. The number of nitrogens with zero attached hydrogens (tertiary/aromatic N) is 2. The Bertz CT molecular complexity index is 591. The molecule has 1 unspecified atom stereocenters. The molecule has 2 aliphatic heterocycles. The van der Waals surface area contributed by atoms with E-state index in [1.165, 1.54) is 0 Å². The quantitative estimate of drug-likeness (QED) is 0.792. The Balaban J connectivity index is 1.66. The summed E-state index contributed by atoms with van der Waals surface area (Å²) in [5.74, 6) is -1.58. The molecule has 1 aromatic carbocycles. The number of hydrogen-bond acceptors (Lipinski definition) is 3. The molecular formula is C15H16F2N2O2. The lowest BCUT2D eigenvalue weighted by atomic mass is 10.1. The average molecular weight is 294 g/mol. The second kappa shape index (κ2) is 5.52. The number of rotatable bonds is 3. The zero-order valence-corrected chi connectivity index (χ0v) is 11.5. The first-order chi connectivity index (χ1) is 10.0. The van der Waals surface area contributed by atoms with Crippen LogP contribution >= 0.6 is 0 Å². The molecule has 4 nitrogen and oxygen atoms in total. The Labute approximate surface area is 121 Å². The van der Waals surface area contributed by atoms with Crippen molar-refractivity contribution >= 4 is 11.7 Å². The predicted octanol–water partition coefficient (Wildman–Crippen LogP) is 1.45. The molecule has 0 radical (unpaired) electrons. The number of benzene rings is 1. The lowest BCUT2D eigenvalue weighted by molar-refractivity contribution is -0.130. The maximum absolute atomic E-state index is 13.6. The van der Waals surface area contributed by atoms with Crippen LogP contribution in [0.2, 0.25) is 0 Å². The van der Waals surface area contributed by atoms with Crippen molar-refractivity contribution in [3.8, 4) is 0 Å². The van der Waals surface area contributed by atoms with Crippen molar-refractivity contribution in [1.29, 1.82) is 0 Å². The third-order valence-corrected chi connectivity index (χ3v) is 4.17. The van der Waals surface area contributed by atoms with E-state index in [-0.39, 0.29) is 24.1 Å². The number of ketones is 1. The number of carbonyl (C=O) groups is 2. The van der Waals surface area contributed by atoms with E-state index in [1.54, 1.807) is 0 Å². The first kappa shape index (κ1) is 14.1. The van der Waals surface area contributed by atoms with Crippen LogP contribution in [0.5, 0.6) is 0 Å². The Morgan fingerprint density at radius 1 is 1.29 bits per heavy atom. The van der Waals surface area contributed by atoms with E-state index in [0.717, 1.165) is 24.6 Å². The van der Waals surface area contributed by atoms with Crippen LogP contribution in [0.4, 0.5) is 8.78 Å². The van der Waals surface area contributed by atoms with Crippen molar-refractivity contribution in [3.63, 3.8) is 0 Å². The van der Waals surface area contributed by atoms with Crippen LogP contribution < -0.4 is 0 Å². The maximum Gasteiger partial charge on any atom is 0.222 e. The lowest BCUT2D eigenvalue weighted by Crippen LogP contribution is -2.52. The molecule has 3 rings (SSSR count). The monoisotopic (exact) mass is 294 g/mol. The zero-order valence-electron chi connectivity index (χ0n) is 11.5. The fourth-order valence-corrected chi connectivity index (χ4v) is 3.07. The molecule has 0 bridgehead atoms. The van der Waals surface area contributed by atoms with Crippen molar-refractivity contribution in [3.05, 3.63) is 35.4 Å². The van der Waals surface area contributed by atoms with E-state index in [9.17, 15) is 18.4 Å². The number of carbonyl (C=O) groups excluding carboxylic acids is 2. The summed E-state index contributed by atoms with van der Waals surface area (Å²) in [6, 6.07) is 3.05. The molecule has 2 heterocycles. The molecule has 0 N–H and O–H groups in total. The lowest BCUT2D eigenvalue weighted by Gasteiger charge is -2.37. The summed E-state index contributed by atoms with van der Waals surface area (Å²) in [6.07, 6.45) is 1.36. The van der Waals surface area contributed by atoms with Gasteiger partial charge in [0, 0.05) is 32.1 Å². The molecule has 1 aromatic rings. The van der Waals surface area contributed by atoms with Crippen molar-refractivity contribution in [2.75, 3.05) is 26.2 Å². The second-order valence-electron chi connectivity index (χ2n) is 5.56. The average Bonchev–Trinajstić information content (AvgIpc) is 2.82. The summed E-state index contributed by atoms with van der Waals surface area (Å²) in [5, 5.41) is 0. The largest absolute Gasteiger partial charge is 0.337 e. The number of amides is 1. The normalized spacial score (nSPS) is 22.5. The third kappa shape index (κ3) is 2.81. The summed E-state index contributed by atoms with van der Waals surface area (Å²) < 4.78 is 26.7. The molecule has 0 spiro atoms. The minimum Gasteiger partial charge on any atom is -0.337 e. The van der Waals surface area contributed by atoms with Gasteiger partial charge in [0.2, 0.25) is 5.91 Å². The van der Waals surface area contributed by atoms with Gasteiger partial charge < -0.3 is 4.90 Å². The van der Waals surface area contributed by atoms with Crippen LogP contribution in [0.3, 0.4) is 0 Å². The van der Waals surface area contributed by atoms with Gasteiger partial charge in [-0.15, -0.1) is 0 Å². The smallest absolute Gasteiger partial charge is 0.222 e. The molecule has 0 aliphatic carbocycles. The molecule has 21 heavy (non-hydrogen) atoms. The molecule has 0 aromatic heterocycles. The molecule has 1 amide bonds. The van der Waals surface area contributed by atoms with Crippen LogP contribution in [0, 0.1) is 11.6 Å². The molecule has 112 valence electrons. The molecular weight excluding hydrogens is 278 g/mol. The van der Waals surface area contributed by atoms with E-state index < -0.39 is 17.4 Å². The van der Waals surface area contributed by atoms with Gasteiger partial charge in [-0.2, -0.15) is 0 Å². The fraction of sp³-hybridized carbons (Fsp3) is 0.467. The molecule has 2 saturated heterocycles. The first-order valence-electron chi connectivity index (χ1n) is 7.04. The van der Waals surface area contributed by atoms with Gasteiger partial charge in [-0.1, -0.05) is 0 Å². The van der Waals surface area contributed by atoms with E-state index in [2.05, 4.69) is 0 Å². The zero-order chi connectivity index (χ0) is 15.0. The number of piperazine rings is 1. The molecule has 2 aliphatic rings. The first-order valence-corrected chi connectivity index (χ1v) is 7.04. The predicted molar refractivity (Wildman–Crippen MR) is 71.9 cm³/mol. The van der Waals surface area contributed by atoms with E-state index in [0.29, 0.717) is 26.1 Å². The van der Waals surface area contributed by atoms with Gasteiger partial charge in [0.1, 0.15) is 11.6 Å². The highest BCUT2D eigenvalue weighted by Gasteiger charge is 2.35. The summed E-state index contributed by atoms with van der Waals surface area (Å²) in [4.78, 5) is 27.5. The fourth-order valence-electron chi connectivity index (χ4n) is 3.07. The van der Waals surface area contributed by atoms with Gasteiger partial charge in [-0.25, -0.2) is 8.78 Å². The molecule has 1 atom stereocenters. The highest BCUT2D eigenvalue weighted by molar-refractivity contribution is 5.97. The maximum atomic E-state index is 13.6. The Hall–Kier alpha value is -1.82. The van der Waals surface area contributed by atoms with Gasteiger partial charge in [0.15, 0.2) is 5.78 Å². The molecule has 2 fully saturated rings. The molecule has 6 heteroatoms. The van der Waals surface area contributed by atoms with Crippen molar-refractivity contribution < 1.29 is 18.4 Å². The number of fused-ring (bicyclic) bond motifs is 1. The summed E-state index contributed by atoms with van der Waals surface area (Å²) in [6.45, 7) is 1.86. The number of hydrogen-bond donors (Lipinski definition) is 0. The van der Waals surface area contributed by atoms with E-state index in [1.807, 2.05) is 9.80 Å². The van der Waals surface area contributed by atoms with Gasteiger partial charge in [-0.3, -0.25) is 14.5 Å². The van der Waals surface area contributed by atoms with Crippen LogP contribution in [-0.4, -0.2) is 53.7 Å². The van der Waals surface area contributed by atoms with E-state index in [4.69, 9.17) is 0 Å². The van der Waals surface area contributed by atoms with Gasteiger partial charge in [0.05, 0.1) is 12.1 Å². The van der Waals surface area contributed by atoms with Crippen molar-refractivity contribution in [2.45, 2.75) is 18.9 Å². The van der Waals surface area contributed by atoms with Gasteiger partial charge in [0.25, 0.3) is 0 Å². The van der Waals surface area contributed by atoms with Crippen LogP contribution in [0.15, 0.2) is 18.2 Å². The van der Waals surface area contributed by atoms with E-state index >= 15 is 0 Å². The minimum absolute atomic E-state index is 0.0545. The standard InChI is InChI=1S/C15H16F2N2O2/c16-10-1-3-13(17)12(7-10)14(20)9-18-5-6-19-11(8-18)2-4-15(19)21/h1,3,7,11H,2,4-6,8-9H2. The Kier molecular flexibility index (Phi) is 3.71.